The van der Waals surface area contributed by atoms with E-state index in [4.69, 9.17) is 11.6 Å². The van der Waals surface area contributed by atoms with E-state index in [2.05, 4.69) is 10.4 Å². The van der Waals surface area contributed by atoms with Gasteiger partial charge >= 0.3 is 6.18 Å². The summed E-state index contributed by atoms with van der Waals surface area (Å²) in [6.07, 6.45) is 1.35. The molecule has 5 rings (SSSR count). The molecule has 0 spiro atoms. The fourth-order valence-corrected chi connectivity index (χ4v) is 5.85. The summed E-state index contributed by atoms with van der Waals surface area (Å²) in [6, 6.07) is -0.688. The van der Waals surface area contributed by atoms with Crippen LogP contribution < -0.4 is 5.32 Å². The van der Waals surface area contributed by atoms with Crippen molar-refractivity contribution in [3.8, 4) is 0 Å². The third-order valence-electron chi connectivity index (χ3n) is 6.63. The lowest BCUT2D eigenvalue weighted by Crippen LogP contribution is -2.56. The molecule has 1 aromatic rings. The summed E-state index contributed by atoms with van der Waals surface area (Å²) in [5.41, 5.74) is -0.974. The van der Waals surface area contributed by atoms with E-state index in [0.717, 1.165) is 42.2 Å². The second kappa shape index (κ2) is 6.14. The SMILES string of the molecule is Cc1c(Cl)c(C(F)(F)F)nn1C(C)C(=O)NC1C2CC3CC(C2)CC1C3. The van der Waals surface area contributed by atoms with Crippen molar-refractivity contribution in [1.82, 2.24) is 15.1 Å². The molecule has 4 fully saturated rings. The molecule has 1 N–H and O–H groups in total. The minimum absolute atomic E-state index is 0.145. The average Bonchev–Trinajstić information content (AvgIpc) is 2.85. The largest absolute Gasteiger partial charge is 0.436 e. The molecule has 4 bridgehead atoms. The molecule has 26 heavy (non-hydrogen) atoms. The number of nitrogens with zero attached hydrogens (tertiary/aromatic N) is 2. The maximum Gasteiger partial charge on any atom is 0.436 e. The van der Waals surface area contributed by atoms with Crippen LogP contribution >= 0.6 is 11.6 Å². The van der Waals surface area contributed by atoms with Gasteiger partial charge < -0.3 is 5.32 Å². The van der Waals surface area contributed by atoms with Gasteiger partial charge in [-0.2, -0.15) is 18.3 Å². The number of rotatable bonds is 3. The second-order valence-corrected chi connectivity index (χ2v) is 8.71. The molecule has 0 radical (unpaired) electrons. The summed E-state index contributed by atoms with van der Waals surface area (Å²) in [4.78, 5) is 12.8. The summed E-state index contributed by atoms with van der Waals surface area (Å²) in [7, 11) is 0. The zero-order valence-corrected chi connectivity index (χ0v) is 15.6. The van der Waals surface area contributed by atoms with Crippen LogP contribution in [-0.2, 0) is 11.0 Å². The highest BCUT2D eigenvalue weighted by atomic mass is 35.5. The molecule has 0 aliphatic heterocycles. The van der Waals surface area contributed by atoms with Crippen molar-refractivity contribution in [2.45, 2.75) is 64.2 Å². The maximum absolute atomic E-state index is 13.0. The molecule has 0 saturated heterocycles. The van der Waals surface area contributed by atoms with Crippen LogP contribution in [0.25, 0.3) is 0 Å². The van der Waals surface area contributed by atoms with Crippen molar-refractivity contribution in [2.24, 2.45) is 23.7 Å². The summed E-state index contributed by atoms with van der Waals surface area (Å²) in [6.45, 7) is 3.03. The highest BCUT2D eigenvalue weighted by molar-refractivity contribution is 6.32. The first-order chi connectivity index (χ1) is 12.1. The van der Waals surface area contributed by atoms with Crippen LogP contribution in [0.4, 0.5) is 13.2 Å². The first-order valence-corrected chi connectivity index (χ1v) is 9.65. The molecule has 4 aliphatic rings. The van der Waals surface area contributed by atoms with Crippen molar-refractivity contribution in [3.05, 3.63) is 16.4 Å². The average molecular weight is 390 g/mol. The Morgan fingerprint density at radius 3 is 2.19 bits per heavy atom. The van der Waals surface area contributed by atoms with Crippen LogP contribution in [0.15, 0.2) is 0 Å². The number of hydrogen-bond donors (Lipinski definition) is 1. The number of alkyl halides is 3. The van der Waals surface area contributed by atoms with E-state index in [1.54, 1.807) is 6.92 Å². The van der Waals surface area contributed by atoms with Crippen LogP contribution in [0.2, 0.25) is 5.02 Å². The molecule has 1 amide bonds. The van der Waals surface area contributed by atoms with Crippen molar-refractivity contribution < 1.29 is 18.0 Å². The number of carbonyl (C=O) groups excluding carboxylic acids is 1. The van der Waals surface area contributed by atoms with Crippen molar-refractivity contribution in [1.29, 1.82) is 0 Å². The quantitative estimate of drug-likeness (QED) is 0.834. The first-order valence-electron chi connectivity index (χ1n) is 9.27. The third kappa shape index (κ3) is 2.92. The molecule has 144 valence electrons. The van der Waals surface area contributed by atoms with E-state index < -0.39 is 22.9 Å². The van der Waals surface area contributed by atoms with Crippen LogP contribution in [0, 0.1) is 30.6 Å². The van der Waals surface area contributed by atoms with Gasteiger partial charge in [0.2, 0.25) is 5.91 Å². The van der Waals surface area contributed by atoms with E-state index in [1.165, 1.54) is 13.3 Å². The van der Waals surface area contributed by atoms with Gasteiger partial charge in [0, 0.05) is 6.04 Å². The predicted octanol–water partition coefficient (Wildman–Crippen LogP) is 4.37. The zero-order valence-electron chi connectivity index (χ0n) is 14.8. The molecule has 4 nitrogen and oxygen atoms in total. The maximum atomic E-state index is 13.0. The lowest BCUT2D eigenvalue weighted by molar-refractivity contribution is -0.142. The molecule has 0 aromatic carbocycles. The number of carbonyl (C=O) groups is 1. The Balaban J connectivity index is 1.51. The topological polar surface area (TPSA) is 46.9 Å². The Morgan fingerprint density at radius 1 is 1.19 bits per heavy atom. The van der Waals surface area contributed by atoms with E-state index in [0.29, 0.717) is 11.8 Å². The first kappa shape index (κ1) is 18.1. The van der Waals surface area contributed by atoms with Gasteiger partial charge in [-0.05, 0) is 69.6 Å². The lowest BCUT2D eigenvalue weighted by atomic mass is 9.54. The molecule has 4 aliphatic carbocycles. The molecule has 4 saturated carbocycles. The number of halogens is 4. The van der Waals surface area contributed by atoms with Crippen LogP contribution in [-0.4, -0.2) is 21.7 Å². The van der Waals surface area contributed by atoms with Crippen molar-refractivity contribution in [2.75, 3.05) is 0 Å². The van der Waals surface area contributed by atoms with Gasteiger partial charge in [-0.3, -0.25) is 9.48 Å². The third-order valence-corrected chi connectivity index (χ3v) is 7.08. The number of hydrogen-bond acceptors (Lipinski definition) is 2. The Hall–Kier alpha value is -1.24. The minimum Gasteiger partial charge on any atom is -0.351 e. The number of amides is 1. The number of aromatic nitrogens is 2. The lowest BCUT2D eigenvalue weighted by Gasteiger charge is -2.54. The van der Waals surface area contributed by atoms with E-state index in [1.807, 2.05) is 0 Å². The smallest absolute Gasteiger partial charge is 0.351 e. The summed E-state index contributed by atoms with van der Waals surface area (Å²) in [5.74, 6) is 2.33. The Kier molecular flexibility index (Phi) is 4.29. The Bertz CT molecular complexity index is 702. The van der Waals surface area contributed by atoms with Gasteiger partial charge in [0.1, 0.15) is 6.04 Å². The van der Waals surface area contributed by atoms with Gasteiger partial charge in [0.25, 0.3) is 0 Å². The summed E-state index contributed by atoms with van der Waals surface area (Å²) >= 11 is 5.80. The molecule has 1 aromatic heterocycles. The fourth-order valence-electron chi connectivity index (χ4n) is 5.61. The molecular weight excluding hydrogens is 367 g/mol. The normalized spacial score (nSPS) is 34.2. The molecular formula is C18H23ClF3N3O. The van der Waals surface area contributed by atoms with Crippen LogP contribution in [0.3, 0.4) is 0 Å². The Labute approximate surface area is 155 Å². The predicted molar refractivity (Wildman–Crippen MR) is 90.7 cm³/mol. The van der Waals surface area contributed by atoms with Gasteiger partial charge in [0.05, 0.1) is 10.7 Å². The number of nitrogens with one attached hydrogen (secondary N) is 1. The van der Waals surface area contributed by atoms with Gasteiger partial charge in [-0.25, -0.2) is 0 Å². The second-order valence-electron chi connectivity index (χ2n) is 8.33. The minimum atomic E-state index is -4.63. The fraction of sp³-hybridized carbons (Fsp3) is 0.778. The monoisotopic (exact) mass is 389 g/mol. The van der Waals surface area contributed by atoms with E-state index >= 15 is 0 Å². The molecule has 1 unspecified atom stereocenters. The van der Waals surface area contributed by atoms with Crippen LogP contribution in [0.1, 0.15) is 56.5 Å². The van der Waals surface area contributed by atoms with Crippen molar-refractivity contribution >= 4 is 17.5 Å². The molecule has 1 heterocycles. The summed E-state index contributed by atoms with van der Waals surface area (Å²) < 4.78 is 40.1. The molecule has 8 heteroatoms. The zero-order chi connectivity index (χ0) is 18.8. The highest BCUT2D eigenvalue weighted by Gasteiger charge is 2.49. The van der Waals surface area contributed by atoms with Crippen molar-refractivity contribution in [3.63, 3.8) is 0 Å². The summed E-state index contributed by atoms with van der Waals surface area (Å²) in [5, 5.41) is 6.28. The van der Waals surface area contributed by atoms with Gasteiger partial charge in [-0.15, -0.1) is 0 Å². The highest BCUT2D eigenvalue weighted by Crippen LogP contribution is 2.53. The van der Waals surface area contributed by atoms with Crippen LogP contribution in [0.5, 0.6) is 0 Å². The van der Waals surface area contributed by atoms with E-state index in [-0.39, 0.29) is 17.6 Å². The molecule has 1 atom stereocenters. The van der Waals surface area contributed by atoms with Gasteiger partial charge in [0.15, 0.2) is 5.69 Å². The Morgan fingerprint density at radius 2 is 1.73 bits per heavy atom. The van der Waals surface area contributed by atoms with E-state index in [9.17, 15) is 18.0 Å². The van der Waals surface area contributed by atoms with Gasteiger partial charge in [-0.1, -0.05) is 11.6 Å². The standard InChI is InChI=1S/C18H23ClF3N3O/c1-8-14(19)16(18(20,21)22)24-25(8)9(2)17(26)23-15-12-4-10-3-11(6-12)7-13(15)5-10/h9-13,15H,3-7H2,1-2H3,(H,23,26).